The summed E-state index contributed by atoms with van der Waals surface area (Å²) in [7, 11) is 3.77. The molecule has 2 rings (SSSR count). The smallest absolute Gasteiger partial charge is 0.229 e. The molecule has 7 heteroatoms. The average molecular weight is 251 g/mol. The summed E-state index contributed by atoms with van der Waals surface area (Å²) < 4.78 is 0. The minimum Gasteiger partial charge on any atom is -0.368 e. The predicted molar refractivity (Wildman–Crippen MR) is 71.3 cm³/mol. The number of nitrogens with zero attached hydrogens (tertiary/aromatic N) is 4. The number of rotatable bonds is 4. The van der Waals surface area contributed by atoms with Crippen molar-refractivity contribution in [3.63, 3.8) is 0 Å². The Balaban J connectivity index is 2.04. The van der Waals surface area contributed by atoms with E-state index in [2.05, 4.69) is 32.5 Å². The van der Waals surface area contributed by atoms with Crippen molar-refractivity contribution in [1.29, 1.82) is 0 Å². The van der Waals surface area contributed by atoms with Gasteiger partial charge < -0.3 is 21.3 Å². The largest absolute Gasteiger partial charge is 0.368 e. The Morgan fingerprint density at radius 1 is 1.39 bits per heavy atom. The van der Waals surface area contributed by atoms with Gasteiger partial charge in [-0.05, 0) is 19.9 Å². The van der Waals surface area contributed by atoms with Crippen molar-refractivity contribution in [1.82, 2.24) is 25.6 Å². The fraction of sp³-hybridized carbons (Fsp3) is 0.727. The summed E-state index contributed by atoms with van der Waals surface area (Å²) in [4.78, 5) is 14.4. The first-order valence-corrected chi connectivity index (χ1v) is 6.12. The summed E-state index contributed by atoms with van der Waals surface area (Å²) in [5.41, 5.74) is 5.80. The Morgan fingerprint density at radius 2 is 2.17 bits per heavy atom. The zero-order chi connectivity index (χ0) is 13.2. The van der Waals surface area contributed by atoms with E-state index in [0.717, 1.165) is 19.5 Å². The number of hydrogen-bond donors (Lipinski definition) is 3. The summed E-state index contributed by atoms with van der Waals surface area (Å²) in [5, 5.41) is 6.82. The van der Waals surface area contributed by atoms with Crippen LogP contribution in [0.1, 0.15) is 19.2 Å². The van der Waals surface area contributed by atoms with Crippen molar-refractivity contribution in [2.24, 2.45) is 0 Å². The average Bonchev–Trinajstić information content (AvgIpc) is 2.73. The highest BCUT2D eigenvalue weighted by atomic mass is 15.3. The number of aromatic nitrogens is 3. The lowest BCUT2D eigenvalue weighted by Crippen LogP contribution is -2.43. The van der Waals surface area contributed by atoms with Crippen molar-refractivity contribution in [3.05, 3.63) is 5.82 Å². The molecule has 1 aliphatic rings. The molecule has 0 spiro atoms. The van der Waals surface area contributed by atoms with Crippen LogP contribution in [0.5, 0.6) is 0 Å². The standard InChI is InChI=1S/C11H21N7/c1-11(4-5-13-7-11)14-6-8-15-9(12)17-10(16-8)18(2)3/h13-14H,4-7H2,1-3H3,(H2,12,15,16,17). The van der Waals surface area contributed by atoms with Crippen LogP contribution in [-0.4, -0.2) is 47.7 Å². The third-order valence-corrected chi connectivity index (χ3v) is 3.13. The molecule has 4 N–H and O–H groups in total. The molecular weight excluding hydrogens is 230 g/mol. The van der Waals surface area contributed by atoms with E-state index in [9.17, 15) is 0 Å². The Kier molecular flexibility index (Phi) is 3.63. The third kappa shape index (κ3) is 3.05. The lowest BCUT2D eigenvalue weighted by Gasteiger charge is -2.24. The Hall–Kier alpha value is -1.47. The molecule has 0 aliphatic carbocycles. The molecule has 1 saturated heterocycles. The number of nitrogens with one attached hydrogen (secondary N) is 2. The van der Waals surface area contributed by atoms with Crippen molar-refractivity contribution in [3.8, 4) is 0 Å². The molecule has 1 unspecified atom stereocenters. The SMILES string of the molecule is CN(C)c1nc(N)nc(CNC2(C)CCNC2)n1. The minimum absolute atomic E-state index is 0.111. The highest BCUT2D eigenvalue weighted by Crippen LogP contribution is 2.14. The Bertz CT molecular complexity index is 412. The molecule has 1 aromatic rings. The van der Waals surface area contributed by atoms with E-state index in [4.69, 9.17) is 5.73 Å². The molecule has 1 aliphatic heterocycles. The molecule has 0 radical (unpaired) electrons. The van der Waals surface area contributed by atoms with Crippen LogP contribution < -0.4 is 21.3 Å². The summed E-state index contributed by atoms with van der Waals surface area (Å²) >= 11 is 0. The fourth-order valence-corrected chi connectivity index (χ4v) is 1.96. The van der Waals surface area contributed by atoms with Crippen LogP contribution in [-0.2, 0) is 6.54 Å². The van der Waals surface area contributed by atoms with Gasteiger partial charge in [0.25, 0.3) is 0 Å². The molecule has 1 aromatic heterocycles. The van der Waals surface area contributed by atoms with Crippen LogP contribution in [0.25, 0.3) is 0 Å². The predicted octanol–water partition coefficient (Wildman–Crippen LogP) is -0.639. The van der Waals surface area contributed by atoms with Crippen LogP contribution in [0, 0.1) is 0 Å². The van der Waals surface area contributed by atoms with Gasteiger partial charge in [-0.3, -0.25) is 0 Å². The van der Waals surface area contributed by atoms with Crippen molar-refractivity contribution in [2.45, 2.75) is 25.4 Å². The monoisotopic (exact) mass is 251 g/mol. The van der Waals surface area contributed by atoms with Gasteiger partial charge in [0.05, 0.1) is 6.54 Å². The van der Waals surface area contributed by atoms with Crippen molar-refractivity contribution in [2.75, 3.05) is 37.8 Å². The molecular formula is C11H21N7. The van der Waals surface area contributed by atoms with Gasteiger partial charge in [0.2, 0.25) is 11.9 Å². The van der Waals surface area contributed by atoms with Gasteiger partial charge in [-0.15, -0.1) is 0 Å². The van der Waals surface area contributed by atoms with Gasteiger partial charge >= 0.3 is 0 Å². The summed E-state index contributed by atoms with van der Waals surface area (Å²) in [5.74, 6) is 1.54. The zero-order valence-corrected chi connectivity index (χ0v) is 11.2. The highest BCUT2D eigenvalue weighted by Gasteiger charge is 2.27. The van der Waals surface area contributed by atoms with E-state index in [-0.39, 0.29) is 11.5 Å². The van der Waals surface area contributed by atoms with Gasteiger partial charge in [0, 0.05) is 26.2 Å². The summed E-state index contributed by atoms with van der Waals surface area (Å²) in [6, 6.07) is 0. The number of hydrogen-bond acceptors (Lipinski definition) is 7. The second-order valence-corrected chi connectivity index (χ2v) is 5.15. The lowest BCUT2D eigenvalue weighted by molar-refractivity contribution is 0.380. The number of nitrogen functional groups attached to an aromatic ring is 1. The van der Waals surface area contributed by atoms with Gasteiger partial charge in [0.15, 0.2) is 0 Å². The van der Waals surface area contributed by atoms with E-state index >= 15 is 0 Å². The molecule has 2 heterocycles. The van der Waals surface area contributed by atoms with E-state index in [1.54, 1.807) is 0 Å². The zero-order valence-electron chi connectivity index (χ0n) is 11.2. The van der Waals surface area contributed by atoms with E-state index in [0.29, 0.717) is 18.3 Å². The maximum absolute atomic E-state index is 5.68. The topological polar surface area (TPSA) is 92.0 Å². The van der Waals surface area contributed by atoms with Gasteiger partial charge in [-0.1, -0.05) is 0 Å². The maximum atomic E-state index is 5.68. The first kappa shape index (κ1) is 13.0. The minimum atomic E-state index is 0.111. The van der Waals surface area contributed by atoms with Crippen molar-refractivity contribution < 1.29 is 0 Å². The maximum Gasteiger partial charge on any atom is 0.229 e. The molecule has 18 heavy (non-hydrogen) atoms. The van der Waals surface area contributed by atoms with Gasteiger partial charge in [-0.25, -0.2) is 0 Å². The molecule has 0 amide bonds. The van der Waals surface area contributed by atoms with Gasteiger partial charge in [-0.2, -0.15) is 15.0 Å². The molecule has 0 saturated carbocycles. The normalized spacial score (nSPS) is 23.3. The lowest BCUT2D eigenvalue weighted by atomic mass is 10.0. The second kappa shape index (κ2) is 5.03. The van der Waals surface area contributed by atoms with E-state index in [1.165, 1.54) is 0 Å². The molecule has 100 valence electrons. The molecule has 0 aromatic carbocycles. The van der Waals surface area contributed by atoms with Crippen LogP contribution in [0.15, 0.2) is 0 Å². The third-order valence-electron chi connectivity index (χ3n) is 3.13. The highest BCUT2D eigenvalue weighted by molar-refractivity contribution is 5.32. The van der Waals surface area contributed by atoms with Crippen LogP contribution in [0.4, 0.5) is 11.9 Å². The summed E-state index contributed by atoms with van der Waals surface area (Å²) in [6.45, 7) is 4.82. The first-order chi connectivity index (χ1) is 8.48. The van der Waals surface area contributed by atoms with Crippen LogP contribution in [0.3, 0.4) is 0 Å². The van der Waals surface area contributed by atoms with Crippen molar-refractivity contribution >= 4 is 11.9 Å². The molecule has 0 bridgehead atoms. The van der Waals surface area contributed by atoms with Crippen LogP contribution >= 0.6 is 0 Å². The van der Waals surface area contributed by atoms with E-state index < -0.39 is 0 Å². The second-order valence-electron chi connectivity index (χ2n) is 5.15. The molecule has 7 nitrogen and oxygen atoms in total. The van der Waals surface area contributed by atoms with Gasteiger partial charge in [0.1, 0.15) is 5.82 Å². The first-order valence-electron chi connectivity index (χ1n) is 6.12. The summed E-state index contributed by atoms with van der Waals surface area (Å²) in [6.07, 6.45) is 1.11. The molecule has 1 atom stereocenters. The Labute approximate surface area is 107 Å². The number of nitrogens with two attached hydrogens (primary N) is 1. The quantitative estimate of drug-likeness (QED) is 0.655. The van der Waals surface area contributed by atoms with E-state index in [1.807, 2.05) is 19.0 Å². The Morgan fingerprint density at radius 3 is 2.78 bits per heavy atom. The molecule has 1 fully saturated rings. The fourth-order valence-electron chi connectivity index (χ4n) is 1.96. The number of anilines is 2. The van der Waals surface area contributed by atoms with Crippen LogP contribution in [0.2, 0.25) is 0 Å².